The first-order valence-electron chi connectivity index (χ1n) is 11.2. The summed E-state index contributed by atoms with van der Waals surface area (Å²) in [5.74, 6) is 0.0368. The Balaban J connectivity index is 1.40. The molecule has 1 saturated heterocycles. The van der Waals surface area contributed by atoms with Crippen LogP contribution in [0.5, 0.6) is 11.5 Å². The molecule has 0 saturated carbocycles. The summed E-state index contributed by atoms with van der Waals surface area (Å²) in [6.07, 6.45) is 4.74. The zero-order valence-corrected chi connectivity index (χ0v) is 19.4. The van der Waals surface area contributed by atoms with Crippen molar-refractivity contribution in [2.75, 3.05) is 18.5 Å². The number of H-pyrrole nitrogens is 1. The Morgan fingerprint density at radius 3 is 2.80 bits per heavy atom. The maximum Gasteiger partial charge on any atom is 0.196 e. The normalized spacial score (nSPS) is 17.9. The molecule has 5 rings (SSSR count). The molecule has 4 aromatic rings. The number of pyridine rings is 1. The fourth-order valence-corrected chi connectivity index (χ4v) is 4.45. The second kappa shape index (κ2) is 10.0. The number of halogens is 2. The quantitative estimate of drug-likeness (QED) is 0.300. The SMILES string of the molecule is O=C(c1ccc(Oc2cccc(F)c2)cc1Cl)c1c[nH]c2nccc(N[C@@H]3CC[C@@H](CO)OC3)c12. The zero-order chi connectivity index (χ0) is 24.4. The van der Waals surface area contributed by atoms with Gasteiger partial charge in [0.15, 0.2) is 5.78 Å². The summed E-state index contributed by atoms with van der Waals surface area (Å²) in [5, 5.41) is 13.6. The fourth-order valence-electron chi connectivity index (χ4n) is 4.19. The third-order valence-electron chi connectivity index (χ3n) is 5.97. The number of ether oxygens (including phenoxy) is 2. The summed E-state index contributed by atoms with van der Waals surface area (Å²) >= 11 is 6.46. The molecule has 9 heteroatoms. The molecule has 7 nitrogen and oxygen atoms in total. The van der Waals surface area contributed by atoms with Crippen LogP contribution in [0.25, 0.3) is 11.0 Å². The average molecular weight is 496 g/mol. The molecule has 0 bridgehead atoms. The number of aromatic amines is 1. The Labute approximate surface area is 205 Å². The van der Waals surface area contributed by atoms with E-state index in [0.717, 1.165) is 18.5 Å². The topological polar surface area (TPSA) is 96.5 Å². The number of carbonyl (C=O) groups is 1. The Bertz CT molecular complexity index is 1370. The van der Waals surface area contributed by atoms with Crippen LogP contribution in [-0.4, -0.2) is 46.2 Å². The standard InChI is InChI=1S/C26H23ClFN3O4/c27-22-11-18(35-17-3-1-2-15(28)10-17)6-7-20(22)25(33)21-12-30-26-24(21)23(8-9-29-26)31-16-4-5-19(13-32)34-14-16/h1-3,6-12,16,19,32H,4-5,13-14H2,(H2,29,30,31)/t16-,19+/m1/s1. The molecule has 1 fully saturated rings. The predicted octanol–water partition coefficient (Wildman–Crippen LogP) is 5.33. The molecule has 3 N–H and O–H groups in total. The van der Waals surface area contributed by atoms with Crippen molar-refractivity contribution in [1.82, 2.24) is 9.97 Å². The van der Waals surface area contributed by atoms with E-state index in [1.807, 2.05) is 6.07 Å². The maximum atomic E-state index is 13.5. The molecule has 1 aliphatic rings. The van der Waals surface area contributed by atoms with Gasteiger partial charge >= 0.3 is 0 Å². The van der Waals surface area contributed by atoms with Crippen molar-refractivity contribution in [2.24, 2.45) is 0 Å². The van der Waals surface area contributed by atoms with Gasteiger partial charge in [0, 0.05) is 41.8 Å². The number of benzene rings is 2. The highest BCUT2D eigenvalue weighted by Crippen LogP contribution is 2.32. The van der Waals surface area contributed by atoms with Gasteiger partial charge in [0.1, 0.15) is 23.0 Å². The summed E-state index contributed by atoms with van der Waals surface area (Å²) < 4.78 is 24.8. The van der Waals surface area contributed by atoms with Crippen LogP contribution in [0.1, 0.15) is 28.8 Å². The number of rotatable bonds is 7. The number of carbonyl (C=O) groups excluding carboxylic acids is 1. The molecule has 0 radical (unpaired) electrons. The molecule has 2 aromatic heterocycles. The first-order chi connectivity index (χ1) is 17.0. The summed E-state index contributed by atoms with van der Waals surface area (Å²) in [6.45, 7) is 0.469. The first-order valence-corrected chi connectivity index (χ1v) is 11.6. The van der Waals surface area contributed by atoms with Crippen LogP contribution >= 0.6 is 11.6 Å². The van der Waals surface area contributed by atoms with Crippen LogP contribution in [0.15, 0.2) is 60.9 Å². The van der Waals surface area contributed by atoms with Crippen molar-refractivity contribution in [3.8, 4) is 11.5 Å². The number of aromatic nitrogens is 2. The molecule has 0 amide bonds. The molecular formula is C26H23ClFN3O4. The molecule has 180 valence electrons. The number of nitrogens with zero attached hydrogens (tertiary/aromatic N) is 1. The number of hydrogen-bond acceptors (Lipinski definition) is 6. The molecule has 0 unspecified atom stereocenters. The number of nitrogens with one attached hydrogen (secondary N) is 2. The third-order valence-corrected chi connectivity index (χ3v) is 6.28. The first kappa shape index (κ1) is 23.3. The van der Waals surface area contributed by atoms with Crippen molar-refractivity contribution in [3.63, 3.8) is 0 Å². The molecule has 2 atom stereocenters. The largest absolute Gasteiger partial charge is 0.457 e. The number of anilines is 1. The zero-order valence-electron chi connectivity index (χ0n) is 18.6. The number of hydrogen-bond donors (Lipinski definition) is 3. The van der Waals surface area contributed by atoms with Gasteiger partial charge < -0.3 is 24.9 Å². The minimum Gasteiger partial charge on any atom is -0.457 e. The van der Waals surface area contributed by atoms with E-state index in [4.69, 9.17) is 21.1 Å². The van der Waals surface area contributed by atoms with Gasteiger partial charge in [-0.2, -0.15) is 0 Å². The Morgan fingerprint density at radius 1 is 1.20 bits per heavy atom. The van der Waals surface area contributed by atoms with Crippen LogP contribution in [0.4, 0.5) is 10.1 Å². The molecule has 1 aliphatic heterocycles. The fraction of sp³-hybridized carbons (Fsp3) is 0.231. The van der Waals surface area contributed by atoms with Crippen molar-refractivity contribution in [1.29, 1.82) is 0 Å². The minimum absolute atomic E-state index is 0.00943. The van der Waals surface area contributed by atoms with E-state index in [9.17, 15) is 14.3 Å². The highest BCUT2D eigenvalue weighted by molar-refractivity contribution is 6.35. The lowest BCUT2D eigenvalue weighted by atomic mass is 10.0. The van der Waals surface area contributed by atoms with E-state index < -0.39 is 5.82 Å². The predicted molar refractivity (Wildman–Crippen MR) is 131 cm³/mol. The van der Waals surface area contributed by atoms with Gasteiger partial charge in [-0.1, -0.05) is 17.7 Å². The van der Waals surface area contributed by atoms with Gasteiger partial charge in [-0.3, -0.25) is 4.79 Å². The maximum absolute atomic E-state index is 13.5. The number of fused-ring (bicyclic) bond motifs is 1. The van der Waals surface area contributed by atoms with E-state index in [1.54, 1.807) is 36.7 Å². The van der Waals surface area contributed by atoms with E-state index in [-0.39, 0.29) is 29.6 Å². The van der Waals surface area contributed by atoms with Crippen LogP contribution in [0.2, 0.25) is 5.02 Å². The molecular weight excluding hydrogens is 473 g/mol. The van der Waals surface area contributed by atoms with E-state index in [0.29, 0.717) is 40.3 Å². The monoisotopic (exact) mass is 495 g/mol. The Morgan fingerprint density at radius 2 is 2.06 bits per heavy atom. The smallest absolute Gasteiger partial charge is 0.196 e. The lowest BCUT2D eigenvalue weighted by Crippen LogP contribution is -2.36. The van der Waals surface area contributed by atoms with Gasteiger partial charge in [0.2, 0.25) is 0 Å². The highest BCUT2D eigenvalue weighted by atomic mass is 35.5. The lowest BCUT2D eigenvalue weighted by molar-refractivity contribution is -0.0223. The van der Waals surface area contributed by atoms with Crippen molar-refractivity contribution < 1.29 is 23.8 Å². The Kier molecular flexibility index (Phi) is 6.68. The number of ketones is 1. The number of aliphatic hydroxyl groups is 1. The second-order valence-corrected chi connectivity index (χ2v) is 8.78. The van der Waals surface area contributed by atoms with E-state index in [2.05, 4.69) is 15.3 Å². The van der Waals surface area contributed by atoms with Crippen molar-refractivity contribution >= 4 is 34.1 Å². The molecule has 3 heterocycles. The molecule has 2 aromatic carbocycles. The summed E-state index contributed by atoms with van der Waals surface area (Å²) in [4.78, 5) is 20.9. The van der Waals surface area contributed by atoms with Crippen LogP contribution in [0.3, 0.4) is 0 Å². The second-order valence-electron chi connectivity index (χ2n) is 8.37. The van der Waals surface area contributed by atoms with Gasteiger partial charge in [-0.25, -0.2) is 9.37 Å². The van der Waals surface area contributed by atoms with E-state index >= 15 is 0 Å². The molecule has 35 heavy (non-hydrogen) atoms. The Hall–Kier alpha value is -3.46. The van der Waals surface area contributed by atoms with Crippen LogP contribution in [0, 0.1) is 5.82 Å². The summed E-state index contributed by atoms with van der Waals surface area (Å²) in [6, 6.07) is 12.4. The van der Waals surface area contributed by atoms with Gasteiger partial charge in [-0.05, 0) is 43.2 Å². The van der Waals surface area contributed by atoms with Crippen molar-refractivity contribution in [3.05, 3.63) is 82.9 Å². The van der Waals surface area contributed by atoms with Crippen molar-refractivity contribution in [2.45, 2.75) is 25.0 Å². The average Bonchev–Trinajstić information content (AvgIpc) is 3.30. The summed E-state index contributed by atoms with van der Waals surface area (Å²) in [7, 11) is 0. The summed E-state index contributed by atoms with van der Waals surface area (Å²) in [5.41, 5.74) is 2.07. The van der Waals surface area contributed by atoms with Crippen LogP contribution in [-0.2, 0) is 4.74 Å². The van der Waals surface area contributed by atoms with Crippen LogP contribution < -0.4 is 10.1 Å². The highest BCUT2D eigenvalue weighted by Gasteiger charge is 2.24. The lowest BCUT2D eigenvalue weighted by Gasteiger charge is -2.29. The minimum atomic E-state index is -0.411. The number of aliphatic hydroxyl groups excluding tert-OH is 1. The van der Waals surface area contributed by atoms with Gasteiger partial charge in [-0.15, -0.1) is 0 Å². The van der Waals surface area contributed by atoms with E-state index in [1.165, 1.54) is 18.2 Å². The third kappa shape index (κ3) is 5.00. The van der Waals surface area contributed by atoms with Gasteiger partial charge in [0.05, 0.1) is 35.3 Å². The molecule has 0 aliphatic carbocycles. The van der Waals surface area contributed by atoms with Gasteiger partial charge in [0.25, 0.3) is 0 Å². The molecule has 0 spiro atoms.